The van der Waals surface area contributed by atoms with Gasteiger partial charge in [0.05, 0.1) is 11.4 Å². The van der Waals surface area contributed by atoms with Crippen molar-refractivity contribution in [3.05, 3.63) is 34.9 Å². The van der Waals surface area contributed by atoms with Gasteiger partial charge < -0.3 is 5.73 Å². The van der Waals surface area contributed by atoms with Gasteiger partial charge in [0, 0.05) is 12.7 Å². The topological polar surface area (TPSA) is 105 Å². The van der Waals surface area contributed by atoms with E-state index in [0.717, 1.165) is 5.56 Å². The number of nitrogens with zero attached hydrogens (tertiary/aromatic N) is 3. The molecule has 1 heterocycles. The van der Waals surface area contributed by atoms with E-state index in [0.29, 0.717) is 22.6 Å². The van der Waals surface area contributed by atoms with Crippen molar-refractivity contribution >= 4 is 15.7 Å². The monoisotopic (exact) mass is 309 g/mol. The van der Waals surface area contributed by atoms with Crippen molar-refractivity contribution in [3.8, 4) is 0 Å². The van der Waals surface area contributed by atoms with Crippen molar-refractivity contribution in [2.24, 2.45) is 0 Å². The van der Waals surface area contributed by atoms with E-state index in [4.69, 9.17) is 5.73 Å². The van der Waals surface area contributed by atoms with Gasteiger partial charge in [-0.1, -0.05) is 6.07 Å². The van der Waals surface area contributed by atoms with E-state index in [1.165, 1.54) is 17.7 Å². The van der Waals surface area contributed by atoms with Gasteiger partial charge in [0.25, 0.3) is 0 Å². The van der Waals surface area contributed by atoms with Crippen LogP contribution in [-0.2, 0) is 16.6 Å². The zero-order chi connectivity index (χ0) is 15.8. The molecule has 1 aromatic heterocycles. The van der Waals surface area contributed by atoms with E-state index in [2.05, 4.69) is 15.2 Å². The fourth-order valence-electron chi connectivity index (χ4n) is 2.34. The third kappa shape index (κ3) is 2.77. The number of anilines is 1. The van der Waals surface area contributed by atoms with Crippen LogP contribution in [0.3, 0.4) is 0 Å². The van der Waals surface area contributed by atoms with Crippen LogP contribution in [0.1, 0.15) is 22.5 Å². The maximum atomic E-state index is 12.8. The molecule has 114 valence electrons. The van der Waals surface area contributed by atoms with Crippen LogP contribution < -0.4 is 5.73 Å². The Morgan fingerprint density at radius 3 is 2.52 bits per heavy atom. The highest BCUT2D eigenvalue weighted by atomic mass is 32.2. The summed E-state index contributed by atoms with van der Waals surface area (Å²) >= 11 is 0. The summed E-state index contributed by atoms with van der Waals surface area (Å²) in [5.41, 5.74) is 8.62. The van der Waals surface area contributed by atoms with Crippen LogP contribution in [0.15, 0.2) is 17.3 Å². The van der Waals surface area contributed by atoms with Crippen LogP contribution in [0.5, 0.6) is 0 Å². The van der Waals surface area contributed by atoms with Crippen LogP contribution in [0.4, 0.5) is 5.69 Å². The van der Waals surface area contributed by atoms with Gasteiger partial charge in [0.2, 0.25) is 10.0 Å². The zero-order valence-corrected chi connectivity index (χ0v) is 13.3. The smallest absolute Gasteiger partial charge is 0.243 e. The van der Waals surface area contributed by atoms with Gasteiger partial charge >= 0.3 is 0 Å². The number of nitrogens with two attached hydrogens (primary N) is 1. The second kappa shape index (κ2) is 5.45. The first-order chi connectivity index (χ1) is 9.75. The Kier molecular flexibility index (Phi) is 4.02. The number of nitrogens with one attached hydrogen (secondary N) is 1. The van der Waals surface area contributed by atoms with Crippen LogP contribution in [0, 0.1) is 20.8 Å². The molecule has 0 unspecified atom stereocenters. The number of aryl methyl sites for hydroxylation is 2. The lowest BCUT2D eigenvalue weighted by atomic mass is 10.1. The summed E-state index contributed by atoms with van der Waals surface area (Å²) in [6.07, 6.45) is 1.34. The number of aromatic nitrogens is 3. The van der Waals surface area contributed by atoms with Crippen LogP contribution in [0.25, 0.3) is 0 Å². The molecule has 0 amide bonds. The number of sulfonamides is 1. The fraction of sp³-hybridized carbons (Fsp3) is 0.385. The Morgan fingerprint density at radius 1 is 1.29 bits per heavy atom. The predicted molar refractivity (Wildman–Crippen MR) is 80.1 cm³/mol. The second-order valence-electron chi connectivity index (χ2n) is 5.07. The van der Waals surface area contributed by atoms with Crippen molar-refractivity contribution in [1.29, 1.82) is 0 Å². The zero-order valence-electron chi connectivity index (χ0n) is 12.5. The molecule has 21 heavy (non-hydrogen) atoms. The first-order valence-corrected chi connectivity index (χ1v) is 7.86. The molecule has 0 fully saturated rings. The van der Waals surface area contributed by atoms with Gasteiger partial charge in [-0.05, 0) is 37.5 Å². The number of H-pyrrole nitrogens is 1. The molecule has 0 aliphatic carbocycles. The van der Waals surface area contributed by atoms with Crippen molar-refractivity contribution in [3.63, 3.8) is 0 Å². The molecule has 0 radical (unpaired) electrons. The minimum Gasteiger partial charge on any atom is -0.398 e. The molecule has 3 N–H and O–H groups in total. The van der Waals surface area contributed by atoms with Crippen molar-refractivity contribution in [2.45, 2.75) is 32.2 Å². The Bertz CT molecular complexity index is 753. The molecular formula is C13H19N5O2S. The van der Waals surface area contributed by atoms with E-state index in [1.54, 1.807) is 19.9 Å². The van der Waals surface area contributed by atoms with E-state index >= 15 is 0 Å². The summed E-state index contributed by atoms with van der Waals surface area (Å²) in [5.74, 6) is 0.483. The minimum absolute atomic E-state index is 0.120. The van der Waals surface area contributed by atoms with Gasteiger partial charge in [-0.3, -0.25) is 5.10 Å². The molecule has 0 atom stereocenters. The molecule has 0 bridgehead atoms. The number of hydrogen-bond donors (Lipinski definition) is 2. The van der Waals surface area contributed by atoms with E-state index in [9.17, 15) is 8.42 Å². The van der Waals surface area contributed by atoms with Crippen molar-refractivity contribution < 1.29 is 8.42 Å². The Balaban J connectivity index is 2.47. The standard InChI is InChI=1S/C13H19N5O2S/c1-8-5-9(2)13(10(3)12(8)14)21(19,20)18(4)6-11-15-7-16-17-11/h5,7H,6,14H2,1-4H3,(H,15,16,17). The molecule has 0 aliphatic rings. The molecule has 0 saturated carbocycles. The number of aromatic amines is 1. The maximum absolute atomic E-state index is 12.8. The largest absolute Gasteiger partial charge is 0.398 e. The number of benzene rings is 1. The van der Waals surface area contributed by atoms with Gasteiger partial charge in [-0.15, -0.1) is 0 Å². The van der Waals surface area contributed by atoms with Gasteiger partial charge in [-0.2, -0.15) is 9.40 Å². The average molecular weight is 309 g/mol. The van der Waals surface area contributed by atoms with E-state index < -0.39 is 10.0 Å². The molecule has 8 heteroatoms. The molecule has 0 saturated heterocycles. The summed E-state index contributed by atoms with van der Waals surface area (Å²) in [7, 11) is -2.14. The number of rotatable bonds is 4. The summed E-state index contributed by atoms with van der Waals surface area (Å²) < 4.78 is 26.8. The molecule has 1 aromatic carbocycles. The quantitative estimate of drug-likeness (QED) is 0.824. The van der Waals surface area contributed by atoms with E-state index in [1.807, 2.05) is 6.92 Å². The van der Waals surface area contributed by atoms with Crippen LogP contribution >= 0.6 is 0 Å². The second-order valence-corrected chi connectivity index (χ2v) is 7.05. The number of hydrogen-bond acceptors (Lipinski definition) is 5. The third-order valence-corrected chi connectivity index (χ3v) is 5.56. The minimum atomic E-state index is -3.65. The molecule has 0 spiro atoms. The molecule has 2 aromatic rings. The average Bonchev–Trinajstić information content (AvgIpc) is 2.88. The summed E-state index contributed by atoms with van der Waals surface area (Å²) in [5, 5.41) is 6.36. The highest BCUT2D eigenvalue weighted by Gasteiger charge is 2.27. The van der Waals surface area contributed by atoms with E-state index in [-0.39, 0.29) is 11.4 Å². The lowest BCUT2D eigenvalue weighted by molar-refractivity contribution is 0.456. The third-order valence-electron chi connectivity index (χ3n) is 3.47. The maximum Gasteiger partial charge on any atom is 0.243 e. The fourth-order valence-corrected chi connectivity index (χ4v) is 3.90. The summed E-state index contributed by atoms with van der Waals surface area (Å²) in [4.78, 5) is 4.20. The normalized spacial score (nSPS) is 12.0. The Morgan fingerprint density at radius 2 is 1.95 bits per heavy atom. The van der Waals surface area contributed by atoms with Crippen LogP contribution in [-0.4, -0.2) is 35.0 Å². The SMILES string of the molecule is Cc1cc(C)c(S(=O)(=O)N(C)Cc2ncn[nH]2)c(C)c1N. The lowest BCUT2D eigenvalue weighted by Gasteiger charge is -2.20. The van der Waals surface area contributed by atoms with Crippen molar-refractivity contribution in [1.82, 2.24) is 19.5 Å². The lowest BCUT2D eigenvalue weighted by Crippen LogP contribution is -2.28. The molecule has 0 aliphatic heterocycles. The Hall–Kier alpha value is -1.93. The Labute approximate surface area is 124 Å². The van der Waals surface area contributed by atoms with Gasteiger partial charge in [0.15, 0.2) is 0 Å². The van der Waals surface area contributed by atoms with Gasteiger partial charge in [0.1, 0.15) is 12.2 Å². The molecule has 7 nitrogen and oxygen atoms in total. The first-order valence-electron chi connectivity index (χ1n) is 6.42. The highest BCUT2D eigenvalue weighted by molar-refractivity contribution is 7.89. The van der Waals surface area contributed by atoms with Crippen molar-refractivity contribution in [2.75, 3.05) is 12.8 Å². The summed E-state index contributed by atoms with van der Waals surface area (Å²) in [6.45, 7) is 5.48. The summed E-state index contributed by atoms with van der Waals surface area (Å²) in [6, 6.07) is 1.79. The number of nitrogen functional groups attached to an aromatic ring is 1. The van der Waals surface area contributed by atoms with Crippen LogP contribution in [0.2, 0.25) is 0 Å². The van der Waals surface area contributed by atoms with Gasteiger partial charge in [-0.25, -0.2) is 13.4 Å². The molecular weight excluding hydrogens is 290 g/mol. The highest BCUT2D eigenvalue weighted by Crippen LogP contribution is 2.30. The first kappa shape index (κ1) is 15.5. The molecule has 2 rings (SSSR count). The predicted octanol–water partition coefficient (Wildman–Crippen LogP) is 1.13.